The fraction of sp³-hybridized carbons (Fsp3) is 0.200. The summed E-state index contributed by atoms with van der Waals surface area (Å²) in [5.74, 6) is -5.46. The molecule has 0 aromatic heterocycles. The number of rotatable bonds is 2. The van der Waals surface area contributed by atoms with Crippen molar-refractivity contribution in [2.24, 2.45) is 0 Å². The summed E-state index contributed by atoms with van der Waals surface area (Å²) in [6.45, 7) is 4.33. The Hall–Kier alpha value is -0.840. The highest BCUT2D eigenvalue weighted by Gasteiger charge is 2.22. The van der Waals surface area contributed by atoms with Crippen LogP contribution < -0.4 is 0 Å². The predicted octanol–water partition coefficient (Wildman–Crippen LogP) is 4.00. The van der Waals surface area contributed by atoms with Gasteiger partial charge in [-0.3, -0.25) is 0 Å². The largest absolute Gasteiger partial charge is 0.203 e. The zero-order valence-electron chi connectivity index (χ0n) is 7.80. The Balaban J connectivity index is 3.45. The molecule has 0 saturated carbocycles. The van der Waals surface area contributed by atoms with E-state index in [4.69, 9.17) is 0 Å². The minimum atomic E-state index is -1.37. The summed E-state index contributed by atoms with van der Waals surface area (Å²) in [7, 11) is 0. The quantitative estimate of drug-likeness (QED) is 0.568. The van der Waals surface area contributed by atoms with Crippen molar-refractivity contribution in [1.29, 1.82) is 0 Å². The number of allylic oxidation sites excluding steroid dienone is 1. The molecule has 0 fully saturated rings. The van der Waals surface area contributed by atoms with E-state index in [2.05, 4.69) is 22.5 Å². The molecular formula is C10H7BrF4. The third kappa shape index (κ3) is 2.22. The van der Waals surface area contributed by atoms with Crippen LogP contribution in [0.1, 0.15) is 11.1 Å². The zero-order chi connectivity index (χ0) is 11.7. The van der Waals surface area contributed by atoms with Gasteiger partial charge in [0.2, 0.25) is 0 Å². The van der Waals surface area contributed by atoms with Crippen LogP contribution in [0.5, 0.6) is 0 Å². The lowest BCUT2D eigenvalue weighted by molar-refractivity contribution is 0.434. The van der Waals surface area contributed by atoms with Gasteiger partial charge in [0.05, 0.1) is 0 Å². The molecule has 0 N–H and O–H groups in total. The second-order valence-corrected chi connectivity index (χ2v) is 4.17. The van der Waals surface area contributed by atoms with E-state index >= 15 is 0 Å². The van der Waals surface area contributed by atoms with Gasteiger partial charge in [0.25, 0.3) is 0 Å². The van der Waals surface area contributed by atoms with E-state index in [-0.39, 0.29) is 10.9 Å². The van der Waals surface area contributed by atoms with Crippen LogP contribution in [0.15, 0.2) is 11.1 Å². The van der Waals surface area contributed by atoms with Crippen molar-refractivity contribution >= 4 is 15.9 Å². The average Bonchev–Trinajstić information content (AvgIpc) is 2.18. The van der Waals surface area contributed by atoms with E-state index in [0.717, 1.165) is 6.92 Å². The SMILES string of the molecule is C=C(Br)Cc1c(F)c(F)c(C)c(F)c1F. The summed E-state index contributed by atoms with van der Waals surface area (Å²) in [6, 6.07) is 0. The molecule has 0 atom stereocenters. The summed E-state index contributed by atoms with van der Waals surface area (Å²) >= 11 is 2.87. The molecule has 0 spiro atoms. The third-order valence-electron chi connectivity index (χ3n) is 1.94. The number of hydrogen-bond donors (Lipinski definition) is 0. The van der Waals surface area contributed by atoms with Crippen molar-refractivity contribution < 1.29 is 17.6 Å². The summed E-state index contributed by atoms with van der Waals surface area (Å²) in [4.78, 5) is 0. The fourth-order valence-corrected chi connectivity index (χ4v) is 1.41. The second-order valence-electron chi connectivity index (χ2n) is 3.05. The summed E-state index contributed by atoms with van der Waals surface area (Å²) in [6.07, 6.45) is -0.300. The molecule has 0 aliphatic rings. The maximum absolute atomic E-state index is 13.2. The second kappa shape index (κ2) is 4.35. The molecule has 82 valence electrons. The predicted molar refractivity (Wildman–Crippen MR) is 52.8 cm³/mol. The maximum Gasteiger partial charge on any atom is 0.165 e. The van der Waals surface area contributed by atoms with Crippen molar-refractivity contribution in [3.05, 3.63) is 45.5 Å². The highest BCUT2D eigenvalue weighted by atomic mass is 79.9. The minimum absolute atomic E-state index is 0.239. The number of hydrogen-bond acceptors (Lipinski definition) is 0. The van der Waals surface area contributed by atoms with Crippen LogP contribution >= 0.6 is 15.9 Å². The monoisotopic (exact) mass is 282 g/mol. The van der Waals surface area contributed by atoms with Gasteiger partial charge in [-0.15, -0.1) is 0 Å². The smallest absolute Gasteiger partial charge is 0.165 e. The highest BCUT2D eigenvalue weighted by molar-refractivity contribution is 9.11. The third-order valence-corrected chi connectivity index (χ3v) is 2.22. The van der Waals surface area contributed by atoms with E-state index < -0.39 is 34.4 Å². The molecule has 0 nitrogen and oxygen atoms in total. The summed E-state index contributed by atoms with van der Waals surface area (Å²) in [5.41, 5.74) is -1.31. The molecule has 15 heavy (non-hydrogen) atoms. The minimum Gasteiger partial charge on any atom is -0.203 e. The highest BCUT2D eigenvalue weighted by Crippen LogP contribution is 2.26. The van der Waals surface area contributed by atoms with Crippen molar-refractivity contribution in [2.75, 3.05) is 0 Å². The molecule has 1 aromatic rings. The van der Waals surface area contributed by atoms with Gasteiger partial charge in [-0.2, -0.15) is 0 Å². The van der Waals surface area contributed by atoms with Crippen molar-refractivity contribution in [3.8, 4) is 0 Å². The van der Waals surface area contributed by atoms with E-state index in [0.29, 0.717) is 0 Å². The van der Waals surface area contributed by atoms with Crippen LogP contribution in [0.25, 0.3) is 0 Å². The van der Waals surface area contributed by atoms with Crippen LogP contribution in [0.4, 0.5) is 17.6 Å². The maximum atomic E-state index is 13.2. The van der Waals surface area contributed by atoms with Crippen molar-refractivity contribution in [1.82, 2.24) is 0 Å². The Kier molecular flexibility index (Phi) is 3.54. The van der Waals surface area contributed by atoms with Crippen molar-refractivity contribution in [3.63, 3.8) is 0 Å². The first kappa shape index (κ1) is 12.2. The Morgan fingerprint density at radius 1 is 1.07 bits per heavy atom. The van der Waals surface area contributed by atoms with Gasteiger partial charge in [0.15, 0.2) is 23.3 Å². The van der Waals surface area contributed by atoms with Crippen molar-refractivity contribution in [2.45, 2.75) is 13.3 Å². The Morgan fingerprint density at radius 2 is 1.47 bits per heavy atom. The Labute approximate surface area is 92.7 Å². The number of halogens is 5. The molecule has 0 amide bonds. The first-order valence-corrected chi connectivity index (χ1v) is 4.80. The van der Waals surface area contributed by atoms with Gasteiger partial charge in [-0.05, 0) is 11.4 Å². The Morgan fingerprint density at radius 3 is 1.80 bits per heavy atom. The van der Waals surface area contributed by atoms with Crippen LogP contribution in [-0.2, 0) is 6.42 Å². The van der Waals surface area contributed by atoms with Gasteiger partial charge in [-0.25, -0.2) is 17.6 Å². The van der Waals surface area contributed by atoms with Crippen LogP contribution in [0, 0.1) is 30.2 Å². The average molecular weight is 283 g/mol. The lowest BCUT2D eigenvalue weighted by Gasteiger charge is -2.08. The molecule has 1 rings (SSSR count). The molecule has 1 aromatic carbocycles. The molecule has 0 saturated heterocycles. The molecule has 0 radical (unpaired) electrons. The normalized spacial score (nSPS) is 10.5. The van der Waals surface area contributed by atoms with Gasteiger partial charge >= 0.3 is 0 Å². The zero-order valence-corrected chi connectivity index (χ0v) is 9.39. The van der Waals surface area contributed by atoms with Gasteiger partial charge in [-0.1, -0.05) is 22.5 Å². The van der Waals surface area contributed by atoms with E-state index in [1.807, 2.05) is 0 Å². The molecule has 0 bridgehead atoms. The summed E-state index contributed by atoms with van der Waals surface area (Å²) < 4.78 is 52.8. The first-order chi connectivity index (χ1) is 6.86. The molecule has 0 aliphatic heterocycles. The van der Waals surface area contributed by atoms with Crippen LogP contribution in [0.3, 0.4) is 0 Å². The standard InChI is InChI=1S/C10H7BrF4/c1-4(11)3-6-9(14)7(12)5(2)8(13)10(6)15/h1,3H2,2H3. The van der Waals surface area contributed by atoms with E-state index in [1.165, 1.54) is 0 Å². The van der Waals surface area contributed by atoms with Gasteiger partial charge in [0.1, 0.15) is 0 Å². The fourth-order valence-electron chi connectivity index (χ4n) is 1.13. The molecule has 0 unspecified atom stereocenters. The molecule has 5 heteroatoms. The first-order valence-electron chi connectivity index (χ1n) is 4.01. The molecule has 0 aliphatic carbocycles. The number of benzene rings is 1. The van der Waals surface area contributed by atoms with E-state index in [9.17, 15) is 17.6 Å². The summed E-state index contributed by atoms with van der Waals surface area (Å²) in [5, 5.41) is 0. The van der Waals surface area contributed by atoms with Gasteiger partial charge < -0.3 is 0 Å². The van der Waals surface area contributed by atoms with Crippen LogP contribution in [-0.4, -0.2) is 0 Å². The van der Waals surface area contributed by atoms with Crippen LogP contribution in [0.2, 0.25) is 0 Å². The molecule has 0 heterocycles. The molecular weight excluding hydrogens is 276 g/mol. The van der Waals surface area contributed by atoms with Gasteiger partial charge in [0, 0.05) is 17.5 Å². The lowest BCUT2D eigenvalue weighted by Crippen LogP contribution is -2.06. The Bertz CT molecular complexity index is 397. The topological polar surface area (TPSA) is 0 Å². The van der Waals surface area contributed by atoms with E-state index in [1.54, 1.807) is 0 Å². The lowest BCUT2D eigenvalue weighted by atomic mass is 10.1.